The zero-order valence-electron chi connectivity index (χ0n) is 12.3. The predicted molar refractivity (Wildman–Crippen MR) is 75.9 cm³/mol. The molecular weight excluding hydrogens is 290 g/mol. The Balaban J connectivity index is 2.80. The van der Waals surface area contributed by atoms with Crippen LogP contribution >= 0.6 is 0 Å². The van der Waals surface area contributed by atoms with Crippen molar-refractivity contribution < 1.29 is 24.5 Å². The lowest BCUT2D eigenvalue weighted by Crippen LogP contribution is -2.37. The van der Waals surface area contributed by atoms with E-state index in [1.807, 2.05) is 0 Å². The summed E-state index contributed by atoms with van der Waals surface area (Å²) >= 11 is 0. The highest BCUT2D eigenvalue weighted by atomic mass is 16.5. The lowest BCUT2D eigenvalue weighted by Gasteiger charge is -2.22. The molecule has 0 fully saturated rings. The fourth-order valence-electron chi connectivity index (χ4n) is 1.99. The minimum absolute atomic E-state index is 0.0809. The molecule has 1 aromatic carbocycles. The number of carboxylic acids is 2. The Kier molecular flexibility index (Phi) is 3.85. The van der Waals surface area contributed by atoms with Gasteiger partial charge in [0, 0.05) is 5.56 Å². The van der Waals surface area contributed by atoms with Gasteiger partial charge in [0.2, 0.25) is 0 Å². The molecule has 8 heteroatoms. The molecule has 0 radical (unpaired) electrons. The molecule has 0 aliphatic carbocycles. The molecule has 2 rings (SSSR count). The van der Waals surface area contributed by atoms with E-state index in [1.165, 1.54) is 21.0 Å². The fourth-order valence-corrected chi connectivity index (χ4v) is 1.99. The Labute approximate surface area is 125 Å². The second-order valence-corrected chi connectivity index (χ2v) is 5.07. The largest absolute Gasteiger partial charge is 0.496 e. The molecule has 2 N–H and O–H groups in total. The number of aromatic nitrogens is 3. The summed E-state index contributed by atoms with van der Waals surface area (Å²) in [5.74, 6) is -2.06. The van der Waals surface area contributed by atoms with Gasteiger partial charge < -0.3 is 14.9 Å². The number of para-hydroxylation sites is 1. The molecule has 116 valence electrons. The van der Waals surface area contributed by atoms with Crippen LogP contribution in [0.4, 0.5) is 0 Å². The van der Waals surface area contributed by atoms with Crippen molar-refractivity contribution in [2.24, 2.45) is 0 Å². The van der Waals surface area contributed by atoms with Gasteiger partial charge in [-0.15, -0.1) is 5.10 Å². The van der Waals surface area contributed by atoms with Gasteiger partial charge in [-0.1, -0.05) is 17.3 Å². The molecule has 0 bridgehead atoms. The van der Waals surface area contributed by atoms with E-state index in [-0.39, 0.29) is 11.4 Å². The van der Waals surface area contributed by atoms with Gasteiger partial charge >= 0.3 is 11.9 Å². The molecule has 1 aromatic heterocycles. The smallest absolute Gasteiger partial charge is 0.358 e. The maximum atomic E-state index is 11.5. The van der Waals surface area contributed by atoms with Crippen LogP contribution in [0.15, 0.2) is 24.3 Å². The number of carbonyl (C=O) groups is 2. The molecule has 0 saturated carbocycles. The molecule has 8 nitrogen and oxygen atoms in total. The Bertz CT molecular complexity index is 736. The van der Waals surface area contributed by atoms with E-state index in [9.17, 15) is 19.8 Å². The summed E-state index contributed by atoms with van der Waals surface area (Å²) < 4.78 is 6.30. The highest BCUT2D eigenvalue weighted by Gasteiger charge is 2.36. The van der Waals surface area contributed by atoms with Crippen molar-refractivity contribution in [3.8, 4) is 17.0 Å². The van der Waals surface area contributed by atoms with E-state index in [4.69, 9.17) is 4.74 Å². The summed E-state index contributed by atoms with van der Waals surface area (Å²) in [6, 6.07) is 6.68. The average Bonchev–Trinajstić information content (AvgIpc) is 2.92. The number of aromatic carboxylic acids is 1. The van der Waals surface area contributed by atoms with Crippen LogP contribution in [0.2, 0.25) is 0 Å². The fraction of sp³-hybridized carbons (Fsp3) is 0.286. The first-order valence-corrected chi connectivity index (χ1v) is 6.37. The number of carboxylic acid groups (broad SMARTS) is 2. The lowest BCUT2D eigenvalue weighted by atomic mass is 10.0. The summed E-state index contributed by atoms with van der Waals surface area (Å²) in [5, 5.41) is 26.0. The second-order valence-electron chi connectivity index (χ2n) is 5.07. The summed E-state index contributed by atoms with van der Waals surface area (Å²) in [6.45, 7) is 2.82. The summed E-state index contributed by atoms with van der Waals surface area (Å²) in [7, 11) is 1.44. The molecule has 0 aliphatic heterocycles. The standard InChI is InChI=1S/C14H15N3O5/c1-14(2,13(20)21)17-11(10(12(18)19)15-16-17)8-6-4-5-7-9(8)22-3/h4-7H,1-3H3,(H,18,19)(H,20,21). The van der Waals surface area contributed by atoms with E-state index >= 15 is 0 Å². The molecule has 22 heavy (non-hydrogen) atoms. The summed E-state index contributed by atoms with van der Waals surface area (Å²) in [6.07, 6.45) is 0. The molecule has 0 unspecified atom stereocenters. The first kappa shape index (κ1) is 15.5. The number of hydrogen-bond acceptors (Lipinski definition) is 5. The van der Waals surface area contributed by atoms with Crippen molar-refractivity contribution in [1.29, 1.82) is 0 Å². The van der Waals surface area contributed by atoms with Gasteiger partial charge in [-0.2, -0.15) is 0 Å². The zero-order valence-corrected chi connectivity index (χ0v) is 12.3. The average molecular weight is 305 g/mol. The number of benzene rings is 1. The van der Waals surface area contributed by atoms with Crippen molar-refractivity contribution in [1.82, 2.24) is 15.0 Å². The second kappa shape index (κ2) is 5.47. The normalized spacial score (nSPS) is 11.2. The molecule has 0 aliphatic rings. The number of ether oxygens (including phenoxy) is 1. The highest BCUT2D eigenvalue weighted by Crippen LogP contribution is 2.34. The van der Waals surface area contributed by atoms with Crippen LogP contribution in [0.25, 0.3) is 11.3 Å². The highest BCUT2D eigenvalue weighted by molar-refractivity contribution is 5.94. The van der Waals surface area contributed by atoms with Crippen LogP contribution in [0.1, 0.15) is 24.3 Å². The minimum Gasteiger partial charge on any atom is -0.496 e. The van der Waals surface area contributed by atoms with Gasteiger partial charge in [-0.3, -0.25) is 0 Å². The zero-order chi connectivity index (χ0) is 16.5. The van der Waals surface area contributed by atoms with Gasteiger partial charge in [0.15, 0.2) is 11.2 Å². The van der Waals surface area contributed by atoms with E-state index < -0.39 is 17.5 Å². The molecule has 0 atom stereocenters. The Morgan fingerprint density at radius 3 is 2.41 bits per heavy atom. The maximum absolute atomic E-state index is 11.5. The number of hydrogen-bond donors (Lipinski definition) is 2. The maximum Gasteiger partial charge on any atom is 0.358 e. The SMILES string of the molecule is COc1ccccc1-c1c(C(=O)O)nnn1C(C)(C)C(=O)O. The third kappa shape index (κ3) is 2.39. The third-order valence-electron chi connectivity index (χ3n) is 3.29. The van der Waals surface area contributed by atoms with E-state index in [0.717, 1.165) is 4.68 Å². The number of nitrogens with zero attached hydrogens (tertiary/aromatic N) is 3. The number of rotatable bonds is 5. The van der Waals surface area contributed by atoms with Crippen molar-refractivity contribution in [2.75, 3.05) is 7.11 Å². The van der Waals surface area contributed by atoms with Crippen molar-refractivity contribution in [2.45, 2.75) is 19.4 Å². The van der Waals surface area contributed by atoms with Crippen LogP contribution in [0, 0.1) is 0 Å². The van der Waals surface area contributed by atoms with Crippen LogP contribution in [0.3, 0.4) is 0 Å². The van der Waals surface area contributed by atoms with Crippen molar-refractivity contribution >= 4 is 11.9 Å². The van der Waals surface area contributed by atoms with Crippen LogP contribution < -0.4 is 4.74 Å². The van der Waals surface area contributed by atoms with Gasteiger partial charge in [-0.05, 0) is 26.0 Å². The van der Waals surface area contributed by atoms with Crippen LogP contribution in [0.5, 0.6) is 5.75 Å². The molecule has 1 heterocycles. The molecule has 0 saturated heterocycles. The molecular formula is C14H15N3O5. The topological polar surface area (TPSA) is 115 Å². The first-order valence-electron chi connectivity index (χ1n) is 6.37. The summed E-state index contributed by atoms with van der Waals surface area (Å²) in [4.78, 5) is 22.9. The minimum atomic E-state index is -1.48. The Morgan fingerprint density at radius 2 is 1.86 bits per heavy atom. The van der Waals surface area contributed by atoms with Crippen molar-refractivity contribution in [3.63, 3.8) is 0 Å². The van der Waals surface area contributed by atoms with E-state index in [0.29, 0.717) is 11.3 Å². The number of aliphatic carboxylic acids is 1. The van der Waals surface area contributed by atoms with Gasteiger partial charge in [0.05, 0.1) is 7.11 Å². The monoisotopic (exact) mass is 305 g/mol. The van der Waals surface area contributed by atoms with Gasteiger partial charge in [0.25, 0.3) is 0 Å². The van der Waals surface area contributed by atoms with Crippen molar-refractivity contribution in [3.05, 3.63) is 30.0 Å². The predicted octanol–water partition coefficient (Wildman–Crippen LogP) is 1.47. The quantitative estimate of drug-likeness (QED) is 0.859. The lowest BCUT2D eigenvalue weighted by molar-refractivity contribution is -0.146. The Morgan fingerprint density at radius 1 is 1.23 bits per heavy atom. The molecule has 0 amide bonds. The van der Waals surface area contributed by atoms with Crippen LogP contribution in [-0.2, 0) is 10.3 Å². The van der Waals surface area contributed by atoms with E-state index in [2.05, 4.69) is 10.3 Å². The molecule has 2 aromatic rings. The first-order chi connectivity index (χ1) is 10.3. The van der Waals surface area contributed by atoms with Gasteiger partial charge in [0.1, 0.15) is 11.4 Å². The third-order valence-corrected chi connectivity index (χ3v) is 3.29. The van der Waals surface area contributed by atoms with E-state index in [1.54, 1.807) is 24.3 Å². The summed E-state index contributed by atoms with van der Waals surface area (Å²) in [5.41, 5.74) is -1.32. The number of methoxy groups -OCH3 is 1. The van der Waals surface area contributed by atoms with Gasteiger partial charge in [-0.25, -0.2) is 14.3 Å². The Hall–Kier alpha value is -2.90. The van der Waals surface area contributed by atoms with Crippen LogP contribution in [-0.4, -0.2) is 44.3 Å². The molecule has 0 spiro atoms.